The number of ether oxygens (including phenoxy) is 4. The monoisotopic (exact) mass is 1540 g/mol. The average Bonchev–Trinajstić information content (AvgIpc) is 0.908. The maximum absolute atomic E-state index is 13.1. The Morgan fingerprint density at radius 3 is 0.724 bits per heavy atom. The van der Waals surface area contributed by atoms with Crippen molar-refractivity contribution in [3.05, 3.63) is 0 Å². The van der Waals surface area contributed by atoms with Gasteiger partial charge in [-0.25, -0.2) is 9.13 Å². The van der Waals surface area contributed by atoms with Gasteiger partial charge >= 0.3 is 39.5 Å². The maximum Gasteiger partial charge on any atom is 0.472 e. The number of phosphoric acid groups is 2. The molecule has 624 valence electrons. The highest BCUT2D eigenvalue weighted by Gasteiger charge is 2.30. The van der Waals surface area contributed by atoms with Crippen LogP contribution in [0.25, 0.3) is 0 Å². The van der Waals surface area contributed by atoms with Crippen LogP contribution in [0.15, 0.2) is 0 Å². The summed E-state index contributed by atoms with van der Waals surface area (Å²) in [6.45, 7) is 9.72. The van der Waals surface area contributed by atoms with Gasteiger partial charge in [0.25, 0.3) is 0 Å². The average molecular weight is 1540 g/mol. The van der Waals surface area contributed by atoms with E-state index in [4.69, 9.17) is 37.0 Å². The van der Waals surface area contributed by atoms with Crippen molar-refractivity contribution in [3.8, 4) is 0 Å². The quantitative estimate of drug-likeness (QED) is 0.0222. The third-order valence-electron chi connectivity index (χ3n) is 20.6. The summed E-state index contributed by atoms with van der Waals surface area (Å²) >= 11 is 0. The molecule has 17 nitrogen and oxygen atoms in total. The van der Waals surface area contributed by atoms with E-state index in [0.29, 0.717) is 25.7 Å². The van der Waals surface area contributed by atoms with Crippen LogP contribution in [0, 0.1) is 11.8 Å². The van der Waals surface area contributed by atoms with Crippen molar-refractivity contribution in [3.63, 3.8) is 0 Å². The summed E-state index contributed by atoms with van der Waals surface area (Å²) in [6, 6.07) is 0. The minimum absolute atomic E-state index is 0.107. The number of phosphoric ester groups is 2. The summed E-state index contributed by atoms with van der Waals surface area (Å²) in [7, 11) is -9.92. The van der Waals surface area contributed by atoms with Crippen molar-refractivity contribution in [1.29, 1.82) is 0 Å². The van der Waals surface area contributed by atoms with Gasteiger partial charge < -0.3 is 33.8 Å². The summed E-state index contributed by atoms with van der Waals surface area (Å²) in [5, 5.41) is 10.7. The van der Waals surface area contributed by atoms with Crippen LogP contribution in [0.1, 0.15) is 459 Å². The molecule has 0 saturated heterocycles. The Bertz CT molecular complexity index is 2010. The molecule has 0 rings (SSSR count). The number of esters is 4. The van der Waals surface area contributed by atoms with E-state index in [-0.39, 0.29) is 25.7 Å². The van der Waals surface area contributed by atoms with E-state index in [1.165, 1.54) is 270 Å². The lowest BCUT2D eigenvalue weighted by atomic mass is 9.99. The summed E-state index contributed by atoms with van der Waals surface area (Å²) in [6.07, 6.45) is 69.5. The number of carbonyl (C=O) groups excluding carboxylic acids is 4. The number of rotatable bonds is 85. The molecule has 0 aliphatic rings. The second kappa shape index (κ2) is 77.4. The van der Waals surface area contributed by atoms with Gasteiger partial charge in [-0.15, -0.1) is 0 Å². The first-order valence-corrected chi connectivity index (χ1v) is 47.5. The molecule has 19 heteroatoms. The van der Waals surface area contributed by atoms with Crippen molar-refractivity contribution in [2.45, 2.75) is 477 Å². The first-order chi connectivity index (χ1) is 50.9. The Labute approximate surface area is 645 Å². The molecule has 3 unspecified atom stereocenters. The standard InChI is InChI=1S/C86H168O17P2/c1-7-10-12-14-16-18-19-20-21-22-23-27-30-35-40-45-51-57-63-69-84(89)97-75-82(103-86(91)70-64-58-52-46-41-36-31-28-25-24-26-29-34-39-44-49-55-61-67-79(6)9-3)77-101-105(94,95)99-73-80(87)72-98-104(92,93)100-76-81(74-96-83(88)68-62-56-50-17-15-13-11-8-2)102-85(90)71-65-59-53-47-42-37-32-33-38-43-48-54-60-66-78(4)5/h78-82,87H,7-77H2,1-6H3,(H,92,93)(H,94,95)/t79?,80-,81+,82+/m0/s1. The van der Waals surface area contributed by atoms with Gasteiger partial charge in [-0.3, -0.25) is 37.3 Å². The normalized spacial score (nSPS) is 14.1. The number of hydrogen-bond acceptors (Lipinski definition) is 15. The van der Waals surface area contributed by atoms with Crippen molar-refractivity contribution in [2.24, 2.45) is 11.8 Å². The van der Waals surface area contributed by atoms with Gasteiger partial charge in [-0.2, -0.15) is 0 Å². The zero-order valence-electron chi connectivity index (χ0n) is 69.0. The molecule has 6 atom stereocenters. The molecular weight excluding hydrogens is 1370 g/mol. The molecule has 0 aliphatic heterocycles. The van der Waals surface area contributed by atoms with Crippen LogP contribution in [0.3, 0.4) is 0 Å². The van der Waals surface area contributed by atoms with Crippen LogP contribution in [0.5, 0.6) is 0 Å². The molecule has 0 aliphatic carbocycles. The zero-order chi connectivity index (χ0) is 77.1. The van der Waals surface area contributed by atoms with Gasteiger partial charge in [-0.05, 0) is 37.5 Å². The van der Waals surface area contributed by atoms with Crippen molar-refractivity contribution < 1.29 is 80.2 Å². The highest BCUT2D eigenvalue weighted by molar-refractivity contribution is 7.47. The highest BCUT2D eigenvalue weighted by atomic mass is 31.2. The second-order valence-corrected chi connectivity index (χ2v) is 34.6. The second-order valence-electron chi connectivity index (χ2n) is 31.6. The lowest BCUT2D eigenvalue weighted by Crippen LogP contribution is -2.30. The van der Waals surface area contributed by atoms with Crippen LogP contribution in [-0.4, -0.2) is 96.7 Å². The third kappa shape index (κ3) is 78.5. The largest absolute Gasteiger partial charge is 0.472 e. The van der Waals surface area contributed by atoms with E-state index >= 15 is 0 Å². The molecular formula is C86H168O17P2. The minimum Gasteiger partial charge on any atom is -0.462 e. The molecule has 0 amide bonds. The predicted octanol–water partition coefficient (Wildman–Crippen LogP) is 26.2. The smallest absolute Gasteiger partial charge is 0.462 e. The maximum atomic E-state index is 13.1. The summed E-state index contributed by atoms with van der Waals surface area (Å²) in [5.41, 5.74) is 0. The van der Waals surface area contributed by atoms with Crippen molar-refractivity contribution in [1.82, 2.24) is 0 Å². The molecule has 0 aromatic rings. The topological polar surface area (TPSA) is 237 Å². The SMILES string of the molecule is CCCCCCCCCCCCCCCCCCCCCC(=O)OC[C@H](COP(=O)(O)OC[C@@H](O)COP(=O)(O)OC[C@@H](COC(=O)CCCCCCCCCC)OC(=O)CCCCCCCCCCCCCCCC(C)C)OC(=O)CCCCCCCCCCCCCCCCCCCCC(C)CC. The molecule has 0 fully saturated rings. The molecule has 3 N–H and O–H groups in total. The Morgan fingerprint density at radius 1 is 0.276 bits per heavy atom. The Kier molecular flexibility index (Phi) is 76.0. The Morgan fingerprint density at radius 2 is 0.486 bits per heavy atom. The number of aliphatic hydroxyl groups is 1. The fourth-order valence-corrected chi connectivity index (χ4v) is 15.0. The molecule has 0 saturated carbocycles. The fraction of sp³-hybridized carbons (Fsp3) is 0.953. The van der Waals surface area contributed by atoms with Crippen molar-refractivity contribution in [2.75, 3.05) is 39.6 Å². The molecule has 0 heterocycles. The first kappa shape index (κ1) is 103. The number of carbonyl (C=O) groups is 4. The van der Waals surface area contributed by atoms with E-state index in [0.717, 1.165) is 108 Å². The lowest BCUT2D eigenvalue weighted by molar-refractivity contribution is -0.161. The minimum atomic E-state index is -4.96. The van der Waals surface area contributed by atoms with E-state index < -0.39 is 97.5 Å². The highest BCUT2D eigenvalue weighted by Crippen LogP contribution is 2.45. The van der Waals surface area contributed by atoms with Gasteiger partial charge in [-0.1, -0.05) is 408 Å². The van der Waals surface area contributed by atoms with Gasteiger partial charge in [0.2, 0.25) is 0 Å². The predicted molar refractivity (Wildman–Crippen MR) is 432 cm³/mol. The van der Waals surface area contributed by atoms with Crippen LogP contribution >= 0.6 is 15.6 Å². The zero-order valence-corrected chi connectivity index (χ0v) is 70.8. The van der Waals surface area contributed by atoms with Crippen molar-refractivity contribution >= 4 is 39.5 Å². The molecule has 0 spiro atoms. The van der Waals surface area contributed by atoms with Gasteiger partial charge in [0.15, 0.2) is 12.2 Å². The van der Waals surface area contributed by atoms with E-state index in [9.17, 15) is 43.2 Å². The van der Waals surface area contributed by atoms with E-state index in [1.54, 1.807) is 0 Å². The van der Waals surface area contributed by atoms with Gasteiger partial charge in [0, 0.05) is 25.7 Å². The van der Waals surface area contributed by atoms with Crippen LogP contribution in [0.4, 0.5) is 0 Å². The molecule has 105 heavy (non-hydrogen) atoms. The molecule has 0 bridgehead atoms. The van der Waals surface area contributed by atoms with E-state index in [2.05, 4.69) is 41.5 Å². The molecule has 0 aromatic heterocycles. The van der Waals surface area contributed by atoms with Crippen LogP contribution in [-0.2, 0) is 65.4 Å². The molecule has 0 aromatic carbocycles. The number of aliphatic hydroxyl groups excluding tert-OH is 1. The summed E-state index contributed by atoms with van der Waals surface area (Å²) in [5.74, 6) is -0.447. The van der Waals surface area contributed by atoms with Gasteiger partial charge in [0.05, 0.1) is 26.4 Å². The number of unbranched alkanes of at least 4 members (excludes halogenated alkanes) is 54. The van der Waals surface area contributed by atoms with Crippen LogP contribution in [0.2, 0.25) is 0 Å². The van der Waals surface area contributed by atoms with E-state index in [1.807, 2.05) is 0 Å². The van der Waals surface area contributed by atoms with Crippen LogP contribution < -0.4 is 0 Å². The first-order valence-electron chi connectivity index (χ1n) is 44.5. The number of hydrogen-bond donors (Lipinski definition) is 3. The summed E-state index contributed by atoms with van der Waals surface area (Å²) in [4.78, 5) is 73.1. The third-order valence-corrected chi connectivity index (χ3v) is 22.5. The van der Waals surface area contributed by atoms with Gasteiger partial charge in [0.1, 0.15) is 19.3 Å². The lowest BCUT2D eigenvalue weighted by Gasteiger charge is -2.21. The summed E-state index contributed by atoms with van der Waals surface area (Å²) < 4.78 is 68.8. The Balaban J connectivity index is 5.18. The Hall–Kier alpha value is -1.94. The molecule has 0 radical (unpaired) electrons. The fourth-order valence-electron chi connectivity index (χ4n) is 13.4.